The van der Waals surface area contributed by atoms with E-state index in [9.17, 15) is 0 Å². The van der Waals surface area contributed by atoms with Crippen molar-refractivity contribution >= 4 is 38.9 Å². The van der Waals surface area contributed by atoms with Gasteiger partial charge in [-0.15, -0.1) is 11.3 Å². The lowest BCUT2D eigenvalue weighted by atomic mass is 9.85. The van der Waals surface area contributed by atoms with Crippen LogP contribution < -0.4 is 5.73 Å². The number of halogens is 2. The van der Waals surface area contributed by atoms with Crippen molar-refractivity contribution in [1.29, 1.82) is 0 Å². The van der Waals surface area contributed by atoms with Crippen LogP contribution in [0.1, 0.15) is 55.9 Å². The number of rotatable bonds is 4. The summed E-state index contributed by atoms with van der Waals surface area (Å²) >= 11 is 11.1. The van der Waals surface area contributed by atoms with Gasteiger partial charge in [-0.3, -0.25) is 0 Å². The average molecular weight is 337 g/mol. The highest BCUT2D eigenvalue weighted by molar-refractivity contribution is 9.10. The Morgan fingerprint density at radius 3 is 2.71 bits per heavy atom. The molecule has 2 rings (SSSR count). The normalized spacial score (nSPS) is 19.5. The van der Waals surface area contributed by atoms with Crippen LogP contribution in [0, 0.1) is 5.92 Å². The van der Waals surface area contributed by atoms with Crippen LogP contribution in [-0.2, 0) is 0 Å². The maximum Gasteiger partial charge on any atom is 0.107 e. The first-order valence-electron chi connectivity index (χ1n) is 6.37. The molecule has 1 saturated carbocycles. The fourth-order valence-corrected chi connectivity index (χ4v) is 4.35. The number of nitrogens with two attached hydrogens (primary N) is 1. The first-order chi connectivity index (χ1) is 8.16. The number of hydrogen-bond acceptors (Lipinski definition) is 2. The van der Waals surface area contributed by atoms with Crippen LogP contribution in [0.4, 0.5) is 0 Å². The monoisotopic (exact) mass is 335 g/mol. The van der Waals surface area contributed by atoms with Gasteiger partial charge >= 0.3 is 0 Å². The van der Waals surface area contributed by atoms with Crippen LogP contribution in [0.3, 0.4) is 0 Å². The molecule has 4 heteroatoms. The molecule has 1 heterocycles. The molecular weight excluding hydrogens is 318 g/mol. The zero-order chi connectivity index (χ0) is 12.3. The van der Waals surface area contributed by atoms with Crippen molar-refractivity contribution in [2.75, 3.05) is 0 Å². The first-order valence-corrected chi connectivity index (χ1v) is 8.36. The third-order valence-electron chi connectivity index (χ3n) is 3.64. The zero-order valence-corrected chi connectivity index (χ0v) is 13.1. The summed E-state index contributed by atoms with van der Waals surface area (Å²) in [5, 5.41) is 0. The molecule has 1 fully saturated rings. The van der Waals surface area contributed by atoms with Gasteiger partial charge in [0.05, 0.1) is 0 Å². The van der Waals surface area contributed by atoms with Crippen molar-refractivity contribution < 1.29 is 0 Å². The predicted molar refractivity (Wildman–Crippen MR) is 79.8 cm³/mol. The average Bonchev–Trinajstić information content (AvgIpc) is 2.68. The summed E-state index contributed by atoms with van der Waals surface area (Å²) in [5.41, 5.74) is 6.23. The van der Waals surface area contributed by atoms with E-state index in [0.717, 1.165) is 21.1 Å². The van der Waals surface area contributed by atoms with Gasteiger partial charge in [-0.05, 0) is 40.8 Å². The third kappa shape index (κ3) is 3.95. The fourth-order valence-electron chi connectivity index (χ4n) is 2.58. The predicted octanol–water partition coefficient (Wildman–Crippen LogP) is 5.52. The maximum absolute atomic E-state index is 6.23. The van der Waals surface area contributed by atoms with Gasteiger partial charge in [-0.25, -0.2) is 0 Å². The Kier molecular flexibility index (Phi) is 5.34. The zero-order valence-electron chi connectivity index (χ0n) is 9.92. The van der Waals surface area contributed by atoms with Gasteiger partial charge in [-0.2, -0.15) is 0 Å². The minimum Gasteiger partial charge on any atom is -0.323 e. The van der Waals surface area contributed by atoms with E-state index < -0.39 is 0 Å². The minimum atomic E-state index is 0.158. The van der Waals surface area contributed by atoms with E-state index in [1.807, 2.05) is 0 Å². The summed E-state index contributed by atoms with van der Waals surface area (Å²) in [6, 6.07) is 2.23. The number of hydrogen-bond donors (Lipinski definition) is 1. The molecule has 1 aromatic heterocycles. The van der Waals surface area contributed by atoms with Crippen molar-refractivity contribution in [3.05, 3.63) is 19.8 Å². The Balaban J connectivity index is 1.82. The molecule has 0 amide bonds. The van der Waals surface area contributed by atoms with E-state index in [1.54, 1.807) is 11.3 Å². The van der Waals surface area contributed by atoms with Gasteiger partial charge in [0.1, 0.15) is 4.34 Å². The lowest BCUT2D eigenvalue weighted by Crippen LogP contribution is -2.13. The molecule has 0 saturated heterocycles. The van der Waals surface area contributed by atoms with Gasteiger partial charge < -0.3 is 5.73 Å². The van der Waals surface area contributed by atoms with E-state index in [0.29, 0.717) is 0 Å². The molecule has 0 spiro atoms. The van der Waals surface area contributed by atoms with Gasteiger partial charge in [0, 0.05) is 15.4 Å². The highest BCUT2D eigenvalue weighted by atomic mass is 79.9. The highest BCUT2D eigenvalue weighted by Gasteiger charge is 2.17. The molecule has 0 aliphatic heterocycles. The van der Waals surface area contributed by atoms with Crippen LogP contribution in [0.15, 0.2) is 10.5 Å². The molecule has 1 aliphatic carbocycles. The fraction of sp³-hybridized carbons (Fsp3) is 0.692. The van der Waals surface area contributed by atoms with E-state index in [4.69, 9.17) is 17.3 Å². The molecule has 1 nitrogen and oxygen atoms in total. The van der Waals surface area contributed by atoms with Crippen LogP contribution >= 0.6 is 38.9 Å². The quantitative estimate of drug-likeness (QED) is 0.769. The van der Waals surface area contributed by atoms with Crippen molar-refractivity contribution in [3.8, 4) is 0 Å². The molecule has 2 N–H and O–H groups in total. The van der Waals surface area contributed by atoms with E-state index in [1.165, 1.54) is 43.4 Å². The second-order valence-electron chi connectivity index (χ2n) is 4.96. The number of thiophene rings is 1. The largest absolute Gasteiger partial charge is 0.323 e. The highest BCUT2D eigenvalue weighted by Crippen LogP contribution is 2.37. The van der Waals surface area contributed by atoms with E-state index >= 15 is 0 Å². The van der Waals surface area contributed by atoms with E-state index in [2.05, 4.69) is 22.0 Å². The second kappa shape index (κ2) is 6.55. The Bertz CT molecular complexity index is 341. The lowest BCUT2D eigenvalue weighted by Gasteiger charge is -2.22. The summed E-state index contributed by atoms with van der Waals surface area (Å²) in [6.45, 7) is 0. The SMILES string of the molecule is NC(CCC1CCCCC1)c1cc(Br)c(Cl)s1. The summed E-state index contributed by atoms with van der Waals surface area (Å²) < 4.78 is 1.79. The lowest BCUT2D eigenvalue weighted by molar-refractivity contribution is 0.324. The first kappa shape index (κ1) is 13.9. The Hall–Kier alpha value is 0.430. The standard InChI is InChI=1S/C13H19BrClNS/c14-10-8-12(17-13(10)15)11(16)7-6-9-4-2-1-3-5-9/h8-9,11H,1-7,16H2. The summed E-state index contributed by atoms with van der Waals surface area (Å²) in [6.07, 6.45) is 9.42. The van der Waals surface area contributed by atoms with E-state index in [-0.39, 0.29) is 6.04 Å². The van der Waals surface area contributed by atoms with Gasteiger partial charge in [0.2, 0.25) is 0 Å². The molecule has 17 heavy (non-hydrogen) atoms. The molecule has 1 atom stereocenters. The summed E-state index contributed by atoms with van der Waals surface area (Å²) in [7, 11) is 0. The van der Waals surface area contributed by atoms with Crippen LogP contribution in [-0.4, -0.2) is 0 Å². The second-order valence-corrected chi connectivity index (χ2v) is 7.50. The molecule has 0 radical (unpaired) electrons. The van der Waals surface area contributed by atoms with Crippen LogP contribution in [0.25, 0.3) is 0 Å². The van der Waals surface area contributed by atoms with Crippen LogP contribution in [0.2, 0.25) is 4.34 Å². The van der Waals surface area contributed by atoms with Crippen LogP contribution in [0.5, 0.6) is 0 Å². The molecule has 0 aromatic carbocycles. The molecule has 1 aliphatic rings. The smallest absolute Gasteiger partial charge is 0.107 e. The molecule has 0 bridgehead atoms. The van der Waals surface area contributed by atoms with Gasteiger partial charge in [0.15, 0.2) is 0 Å². The third-order valence-corrected chi connectivity index (χ3v) is 6.25. The van der Waals surface area contributed by atoms with Crippen molar-refractivity contribution in [2.45, 2.75) is 51.0 Å². The molecule has 1 unspecified atom stereocenters. The summed E-state index contributed by atoms with van der Waals surface area (Å²) in [5.74, 6) is 0.911. The molecule has 96 valence electrons. The Morgan fingerprint density at radius 1 is 1.41 bits per heavy atom. The van der Waals surface area contributed by atoms with Crippen molar-refractivity contribution in [3.63, 3.8) is 0 Å². The summed E-state index contributed by atoms with van der Waals surface area (Å²) in [4.78, 5) is 1.21. The Labute approximate surface area is 121 Å². The Morgan fingerprint density at radius 2 is 2.12 bits per heavy atom. The van der Waals surface area contributed by atoms with Gasteiger partial charge in [0.25, 0.3) is 0 Å². The van der Waals surface area contributed by atoms with Crippen molar-refractivity contribution in [1.82, 2.24) is 0 Å². The van der Waals surface area contributed by atoms with Crippen molar-refractivity contribution in [2.24, 2.45) is 11.7 Å². The molecule has 1 aromatic rings. The van der Waals surface area contributed by atoms with Gasteiger partial charge in [-0.1, -0.05) is 43.7 Å². The topological polar surface area (TPSA) is 26.0 Å². The molecular formula is C13H19BrClNS. The minimum absolute atomic E-state index is 0.158. The maximum atomic E-state index is 6.23.